The normalized spacial score (nSPS) is 14.0. The Balaban J connectivity index is 1.82. The number of carbonyl (C=O) groups is 2. The van der Waals surface area contributed by atoms with E-state index < -0.39 is 23.4 Å². The Bertz CT molecular complexity index is 1160. The van der Waals surface area contributed by atoms with Gasteiger partial charge in [0.05, 0.1) is 11.3 Å². The predicted molar refractivity (Wildman–Crippen MR) is 107 cm³/mol. The van der Waals surface area contributed by atoms with Crippen LogP contribution in [-0.4, -0.2) is 11.8 Å². The van der Waals surface area contributed by atoms with E-state index >= 15 is 0 Å². The molecule has 144 valence electrons. The summed E-state index contributed by atoms with van der Waals surface area (Å²) in [5.74, 6) is -3.25. The Morgan fingerprint density at radius 3 is 2.24 bits per heavy atom. The van der Waals surface area contributed by atoms with Gasteiger partial charge in [-0.05, 0) is 35.9 Å². The fraction of sp³-hybridized carbons (Fsp3) is 0. The largest absolute Gasteiger partial charge is 0.350 e. The van der Waals surface area contributed by atoms with Crippen LogP contribution in [0.2, 0.25) is 5.02 Å². The van der Waals surface area contributed by atoms with E-state index in [-0.39, 0.29) is 17.0 Å². The first-order valence-electron chi connectivity index (χ1n) is 8.62. The van der Waals surface area contributed by atoms with Crippen molar-refractivity contribution in [3.63, 3.8) is 0 Å². The second-order valence-electron chi connectivity index (χ2n) is 6.30. The molecule has 4 nitrogen and oxygen atoms in total. The fourth-order valence-corrected chi connectivity index (χ4v) is 3.27. The zero-order chi connectivity index (χ0) is 20.5. The zero-order valence-corrected chi connectivity index (χ0v) is 15.6. The van der Waals surface area contributed by atoms with Crippen molar-refractivity contribution in [3.05, 3.63) is 101 Å². The molecule has 0 fully saturated rings. The third-order valence-electron chi connectivity index (χ3n) is 4.40. The van der Waals surface area contributed by atoms with Crippen LogP contribution in [0.3, 0.4) is 0 Å². The van der Waals surface area contributed by atoms with Crippen molar-refractivity contribution in [1.82, 2.24) is 0 Å². The molecule has 0 spiro atoms. The quantitative estimate of drug-likeness (QED) is 0.615. The number of hydrogen-bond acceptors (Lipinski definition) is 3. The number of anilines is 2. The van der Waals surface area contributed by atoms with Crippen LogP contribution in [0.4, 0.5) is 20.2 Å². The van der Waals surface area contributed by atoms with Gasteiger partial charge >= 0.3 is 0 Å². The van der Waals surface area contributed by atoms with Crippen molar-refractivity contribution in [2.24, 2.45) is 0 Å². The van der Waals surface area contributed by atoms with Gasteiger partial charge < -0.3 is 5.32 Å². The van der Waals surface area contributed by atoms with Crippen LogP contribution in [0, 0.1) is 11.6 Å². The summed E-state index contributed by atoms with van der Waals surface area (Å²) in [5, 5.41) is 3.15. The standard InChI is InChI=1S/C22H13ClF2N2O2/c23-14-7-4-8-16(11-14)27-21(28)19(13-5-2-1-3-6-13)20(22(27)29)26-15-9-10-17(24)18(25)12-15/h1-12,26H. The molecule has 1 aliphatic heterocycles. The Morgan fingerprint density at radius 2 is 1.55 bits per heavy atom. The summed E-state index contributed by atoms with van der Waals surface area (Å²) in [6.07, 6.45) is 0. The fourth-order valence-electron chi connectivity index (χ4n) is 3.09. The van der Waals surface area contributed by atoms with Gasteiger partial charge in [0.2, 0.25) is 0 Å². The van der Waals surface area contributed by atoms with E-state index in [1.54, 1.807) is 48.5 Å². The van der Waals surface area contributed by atoms with Crippen LogP contribution < -0.4 is 10.2 Å². The maximum Gasteiger partial charge on any atom is 0.282 e. The summed E-state index contributed by atoms with van der Waals surface area (Å²) in [4.78, 5) is 27.3. The van der Waals surface area contributed by atoms with Crippen LogP contribution in [0.5, 0.6) is 0 Å². The van der Waals surface area contributed by atoms with Gasteiger partial charge in [0.25, 0.3) is 11.8 Å². The summed E-state index contributed by atoms with van der Waals surface area (Å²) in [5.41, 5.74) is 1.05. The van der Waals surface area contributed by atoms with E-state index in [1.165, 1.54) is 12.1 Å². The highest BCUT2D eigenvalue weighted by Gasteiger charge is 2.40. The van der Waals surface area contributed by atoms with Crippen LogP contribution in [0.25, 0.3) is 5.57 Å². The molecule has 2 amide bonds. The number of nitrogens with zero attached hydrogens (tertiary/aromatic N) is 1. The molecular weight excluding hydrogens is 398 g/mol. The van der Waals surface area contributed by atoms with E-state index in [2.05, 4.69) is 5.32 Å². The lowest BCUT2D eigenvalue weighted by Gasteiger charge is -2.15. The summed E-state index contributed by atoms with van der Waals surface area (Å²) >= 11 is 6.01. The average molecular weight is 411 g/mol. The maximum absolute atomic E-state index is 13.6. The highest BCUT2D eigenvalue weighted by Crippen LogP contribution is 2.34. The lowest BCUT2D eigenvalue weighted by molar-refractivity contribution is -0.120. The molecule has 3 aromatic carbocycles. The second kappa shape index (κ2) is 7.48. The number of rotatable bonds is 4. The molecule has 0 bridgehead atoms. The van der Waals surface area contributed by atoms with Crippen molar-refractivity contribution < 1.29 is 18.4 Å². The number of hydrogen-bond donors (Lipinski definition) is 1. The van der Waals surface area contributed by atoms with E-state index in [4.69, 9.17) is 11.6 Å². The van der Waals surface area contributed by atoms with Gasteiger partial charge in [-0.2, -0.15) is 0 Å². The molecule has 4 rings (SSSR count). The molecule has 1 N–H and O–H groups in total. The molecule has 7 heteroatoms. The Morgan fingerprint density at radius 1 is 0.793 bits per heavy atom. The first-order chi connectivity index (χ1) is 14.0. The van der Waals surface area contributed by atoms with Crippen LogP contribution in [0.1, 0.15) is 5.56 Å². The molecule has 1 aliphatic rings. The number of nitrogens with one attached hydrogen (secondary N) is 1. The number of carbonyl (C=O) groups excluding carboxylic acids is 2. The molecule has 1 heterocycles. The van der Waals surface area contributed by atoms with Crippen LogP contribution in [-0.2, 0) is 9.59 Å². The molecule has 0 radical (unpaired) electrons. The summed E-state index contributed by atoms with van der Waals surface area (Å²) in [6, 6.07) is 18.1. The summed E-state index contributed by atoms with van der Waals surface area (Å²) in [6.45, 7) is 0. The van der Waals surface area contributed by atoms with Gasteiger partial charge in [0.1, 0.15) is 5.70 Å². The van der Waals surface area contributed by atoms with Crippen LogP contribution in [0.15, 0.2) is 78.5 Å². The Hall–Kier alpha value is -3.51. The van der Waals surface area contributed by atoms with E-state index in [0.29, 0.717) is 16.3 Å². The van der Waals surface area contributed by atoms with Gasteiger partial charge in [0.15, 0.2) is 11.6 Å². The number of benzene rings is 3. The summed E-state index contributed by atoms with van der Waals surface area (Å²) < 4.78 is 26.9. The first kappa shape index (κ1) is 18.8. The first-order valence-corrected chi connectivity index (χ1v) is 8.99. The topological polar surface area (TPSA) is 49.4 Å². The van der Waals surface area contributed by atoms with E-state index in [1.807, 2.05) is 0 Å². The van der Waals surface area contributed by atoms with Gasteiger partial charge in [0, 0.05) is 16.8 Å². The number of amides is 2. The van der Waals surface area contributed by atoms with Crippen molar-refractivity contribution in [3.8, 4) is 0 Å². The van der Waals surface area contributed by atoms with Crippen molar-refractivity contribution in [2.75, 3.05) is 10.2 Å². The zero-order valence-electron chi connectivity index (χ0n) is 14.8. The van der Waals surface area contributed by atoms with Gasteiger partial charge in [-0.25, -0.2) is 13.7 Å². The molecule has 0 atom stereocenters. The molecule has 3 aromatic rings. The minimum absolute atomic E-state index is 0.0350. The molecule has 0 unspecified atom stereocenters. The highest BCUT2D eigenvalue weighted by molar-refractivity contribution is 6.46. The highest BCUT2D eigenvalue weighted by atomic mass is 35.5. The predicted octanol–water partition coefficient (Wildman–Crippen LogP) is 5.01. The monoisotopic (exact) mass is 410 g/mol. The lowest BCUT2D eigenvalue weighted by atomic mass is 10.0. The molecule has 0 saturated heterocycles. The van der Waals surface area contributed by atoms with Crippen molar-refractivity contribution in [2.45, 2.75) is 0 Å². The minimum Gasteiger partial charge on any atom is -0.350 e. The number of imide groups is 1. The van der Waals surface area contributed by atoms with Gasteiger partial charge in [-0.3, -0.25) is 9.59 Å². The summed E-state index contributed by atoms with van der Waals surface area (Å²) in [7, 11) is 0. The van der Waals surface area contributed by atoms with Crippen molar-refractivity contribution in [1.29, 1.82) is 0 Å². The molecule has 29 heavy (non-hydrogen) atoms. The Labute approximate surface area is 170 Å². The third-order valence-corrected chi connectivity index (χ3v) is 4.64. The number of halogens is 3. The van der Waals surface area contributed by atoms with E-state index in [0.717, 1.165) is 17.0 Å². The molecule has 0 aromatic heterocycles. The minimum atomic E-state index is -1.07. The van der Waals surface area contributed by atoms with Gasteiger partial charge in [-0.15, -0.1) is 0 Å². The van der Waals surface area contributed by atoms with Gasteiger partial charge in [-0.1, -0.05) is 48.0 Å². The average Bonchev–Trinajstić information content (AvgIpc) is 2.95. The SMILES string of the molecule is O=C1C(Nc2ccc(F)c(F)c2)=C(c2ccccc2)C(=O)N1c1cccc(Cl)c1. The molecule has 0 saturated carbocycles. The molecule has 0 aliphatic carbocycles. The second-order valence-corrected chi connectivity index (χ2v) is 6.73. The lowest BCUT2D eigenvalue weighted by Crippen LogP contribution is -2.32. The van der Waals surface area contributed by atoms with E-state index in [9.17, 15) is 18.4 Å². The maximum atomic E-state index is 13.6. The van der Waals surface area contributed by atoms with Crippen molar-refractivity contribution >= 4 is 40.4 Å². The smallest absolute Gasteiger partial charge is 0.282 e. The molecular formula is C22H13ClF2N2O2. The van der Waals surface area contributed by atoms with Crippen LogP contribution >= 0.6 is 11.6 Å². The Kier molecular flexibility index (Phi) is 4.86. The third kappa shape index (κ3) is 3.50.